The van der Waals surface area contributed by atoms with Crippen LogP contribution in [0.3, 0.4) is 0 Å². The molecule has 1 aromatic rings. The van der Waals surface area contributed by atoms with Crippen LogP contribution in [0.2, 0.25) is 0 Å². The molecule has 1 aliphatic heterocycles. The summed E-state index contributed by atoms with van der Waals surface area (Å²) in [6.07, 6.45) is 1.20. The molecule has 0 bridgehead atoms. The molecule has 6 nitrogen and oxygen atoms in total. The van der Waals surface area contributed by atoms with E-state index < -0.39 is 5.97 Å². The van der Waals surface area contributed by atoms with Gasteiger partial charge in [-0.15, -0.1) is 0 Å². The maximum Gasteiger partial charge on any atom is 0.329 e. The molecule has 1 saturated heterocycles. The third-order valence-electron chi connectivity index (χ3n) is 3.11. The Kier molecular flexibility index (Phi) is 5.08. The Labute approximate surface area is 124 Å². The smallest absolute Gasteiger partial charge is 0.329 e. The van der Waals surface area contributed by atoms with Crippen LogP contribution in [0.1, 0.15) is 23.3 Å². The van der Waals surface area contributed by atoms with Gasteiger partial charge in [0.15, 0.2) is 0 Å². The number of piperidine rings is 1. The molecule has 0 atom stereocenters. The fourth-order valence-electron chi connectivity index (χ4n) is 2.10. The summed E-state index contributed by atoms with van der Waals surface area (Å²) in [7, 11) is 0. The highest BCUT2D eigenvalue weighted by molar-refractivity contribution is 9.10. The number of pyridine rings is 1. The van der Waals surface area contributed by atoms with Crippen LogP contribution in [0.15, 0.2) is 22.8 Å². The molecule has 1 aliphatic rings. The van der Waals surface area contributed by atoms with E-state index in [1.54, 1.807) is 23.1 Å². The normalized spacial score (nSPS) is 16.1. The largest absolute Gasteiger partial charge is 0.480 e. The molecule has 2 heterocycles. The average Bonchev–Trinajstić information content (AvgIpc) is 2.45. The Bertz CT molecular complexity index is 501. The molecule has 1 aromatic heterocycles. The number of halogens is 1. The highest BCUT2D eigenvalue weighted by atomic mass is 79.9. The van der Waals surface area contributed by atoms with Crippen molar-refractivity contribution >= 4 is 27.8 Å². The summed E-state index contributed by atoms with van der Waals surface area (Å²) >= 11 is 3.24. The Hall–Kier alpha value is -1.47. The van der Waals surface area contributed by atoms with Crippen molar-refractivity contribution in [3.63, 3.8) is 0 Å². The van der Waals surface area contributed by atoms with Crippen LogP contribution in [-0.2, 0) is 9.53 Å². The van der Waals surface area contributed by atoms with Crippen LogP contribution in [0, 0.1) is 0 Å². The van der Waals surface area contributed by atoms with Crippen LogP contribution >= 0.6 is 15.9 Å². The molecule has 0 aliphatic carbocycles. The van der Waals surface area contributed by atoms with Crippen molar-refractivity contribution in [3.8, 4) is 0 Å². The van der Waals surface area contributed by atoms with E-state index >= 15 is 0 Å². The lowest BCUT2D eigenvalue weighted by Gasteiger charge is -2.31. The first-order valence-electron chi connectivity index (χ1n) is 6.31. The average molecular weight is 343 g/mol. The van der Waals surface area contributed by atoms with Gasteiger partial charge in [-0.3, -0.25) is 4.79 Å². The Morgan fingerprint density at radius 2 is 2.10 bits per heavy atom. The number of likely N-dealkylation sites (tertiary alicyclic amines) is 1. The fourth-order valence-corrected chi connectivity index (χ4v) is 2.45. The van der Waals surface area contributed by atoms with Crippen LogP contribution in [0.5, 0.6) is 0 Å². The van der Waals surface area contributed by atoms with E-state index in [0.717, 1.165) is 0 Å². The van der Waals surface area contributed by atoms with Crippen LogP contribution in [-0.4, -0.2) is 52.7 Å². The summed E-state index contributed by atoms with van der Waals surface area (Å²) in [4.78, 5) is 28.5. The first-order chi connectivity index (χ1) is 9.56. The molecule has 0 saturated carbocycles. The third kappa shape index (κ3) is 4.01. The minimum Gasteiger partial charge on any atom is -0.480 e. The minimum absolute atomic E-state index is 0.0920. The monoisotopic (exact) mass is 342 g/mol. The molecular formula is C13H15BrN2O4. The number of aromatic nitrogens is 1. The molecule has 108 valence electrons. The van der Waals surface area contributed by atoms with Crippen molar-refractivity contribution in [2.45, 2.75) is 18.9 Å². The van der Waals surface area contributed by atoms with Gasteiger partial charge in [-0.1, -0.05) is 6.07 Å². The number of amides is 1. The second-order valence-corrected chi connectivity index (χ2v) is 5.35. The Balaban J connectivity index is 1.87. The number of aliphatic carboxylic acids is 1. The van der Waals surface area contributed by atoms with Crippen LogP contribution in [0.4, 0.5) is 0 Å². The highest BCUT2D eigenvalue weighted by Crippen LogP contribution is 2.16. The van der Waals surface area contributed by atoms with Gasteiger partial charge in [0.25, 0.3) is 5.91 Å². The number of carboxylic acids is 1. The lowest BCUT2D eigenvalue weighted by atomic mass is 10.1. The van der Waals surface area contributed by atoms with Gasteiger partial charge < -0.3 is 14.7 Å². The zero-order valence-electron chi connectivity index (χ0n) is 10.8. The molecule has 2 rings (SSSR count). The van der Waals surface area contributed by atoms with Gasteiger partial charge in [0.05, 0.1) is 6.10 Å². The first-order valence-corrected chi connectivity index (χ1v) is 7.11. The van der Waals surface area contributed by atoms with E-state index in [-0.39, 0.29) is 18.6 Å². The van der Waals surface area contributed by atoms with Crippen molar-refractivity contribution in [1.29, 1.82) is 0 Å². The van der Waals surface area contributed by atoms with Crippen molar-refractivity contribution in [2.24, 2.45) is 0 Å². The molecule has 1 N–H and O–H groups in total. The molecule has 0 radical (unpaired) electrons. The summed E-state index contributed by atoms with van der Waals surface area (Å²) < 4.78 is 5.86. The van der Waals surface area contributed by atoms with Crippen molar-refractivity contribution in [3.05, 3.63) is 28.5 Å². The SMILES string of the molecule is O=C(O)COC1CCN(C(=O)c2cccc(Br)n2)CC1. The van der Waals surface area contributed by atoms with Gasteiger partial charge in [-0.2, -0.15) is 0 Å². The maximum atomic E-state index is 12.2. The number of ether oxygens (including phenoxy) is 1. The Morgan fingerprint density at radius 1 is 1.40 bits per heavy atom. The predicted molar refractivity (Wildman–Crippen MR) is 74.5 cm³/mol. The number of hydrogen-bond donors (Lipinski definition) is 1. The molecule has 20 heavy (non-hydrogen) atoms. The van der Waals surface area contributed by atoms with E-state index in [9.17, 15) is 9.59 Å². The third-order valence-corrected chi connectivity index (χ3v) is 3.55. The summed E-state index contributed by atoms with van der Waals surface area (Å²) in [5, 5.41) is 8.56. The fraction of sp³-hybridized carbons (Fsp3) is 0.462. The van der Waals surface area contributed by atoms with E-state index in [0.29, 0.717) is 36.2 Å². The molecule has 1 amide bonds. The quantitative estimate of drug-likeness (QED) is 0.839. The standard InChI is InChI=1S/C13H15BrN2O4/c14-11-3-1-2-10(15-11)13(19)16-6-4-9(5-7-16)20-8-12(17)18/h1-3,9H,4-8H2,(H,17,18). The van der Waals surface area contributed by atoms with Gasteiger partial charge >= 0.3 is 5.97 Å². The molecule has 1 fully saturated rings. The van der Waals surface area contributed by atoms with E-state index in [1.165, 1.54) is 0 Å². The lowest BCUT2D eigenvalue weighted by Crippen LogP contribution is -2.41. The zero-order valence-corrected chi connectivity index (χ0v) is 12.4. The first kappa shape index (κ1) is 14.9. The zero-order chi connectivity index (χ0) is 14.5. The number of carbonyl (C=O) groups is 2. The topological polar surface area (TPSA) is 79.7 Å². The number of carboxylic acid groups (broad SMARTS) is 1. The van der Waals surface area contributed by atoms with Gasteiger partial charge in [0, 0.05) is 13.1 Å². The van der Waals surface area contributed by atoms with Crippen LogP contribution < -0.4 is 0 Å². The summed E-state index contributed by atoms with van der Waals surface area (Å²) in [5.74, 6) is -1.08. The van der Waals surface area contributed by atoms with Gasteiger partial charge in [-0.05, 0) is 40.9 Å². The van der Waals surface area contributed by atoms with Gasteiger partial charge in [0.2, 0.25) is 0 Å². The van der Waals surface area contributed by atoms with Crippen molar-refractivity contribution < 1.29 is 19.4 Å². The highest BCUT2D eigenvalue weighted by Gasteiger charge is 2.25. The summed E-state index contributed by atoms with van der Waals surface area (Å²) in [6, 6.07) is 5.22. The van der Waals surface area contributed by atoms with Gasteiger partial charge in [-0.25, -0.2) is 9.78 Å². The lowest BCUT2D eigenvalue weighted by molar-refractivity contribution is -0.145. The number of carbonyl (C=O) groups excluding carboxylic acids is 1. The van der Waals surface area contributed by atoms with Crippen molar-refractivity contribution in [1.82, 2.24) is 9.88 Å². The molecule has 0 aromatic carbocycles. The molecule has 7 heteroatoms. The second kappa shape index (κ2) is 6.81. The molecular weight excluding hydrogens is 328 g/mol. The van der Waals surface area contributed by atoms with E-state index in [2.05, 4.69) is 20.9 Å². The van der Waals surface area contributed by atoms with Crippen molar-refractivity contribution in [2.75, 3.05) is 19.7 Å². The second-order valence-electron chi connectivity index (χ2n) is 4.54. The summed E-state index contributed by atoms with van der Waals surface area (Å²) in [6.45, 7) is 0.820. The van der Waals surface area contributed by atoms with E-state index in [1.807, 2.05) is 0 Å². The molecule has 0 unspecified atom stereocenters. The number of hydrogen-bond acceptors (Lipinski definition) is 4. The van der Waals surface area contributed by atoms with Gasteiger partial charge in [0.1, 0.15) is 16.9 Å². The number of rotatable bonds is 4. The van der Waals surface area contributed by atoms with E-state index in [4.69, 9.17) is 9.84 Å². The predicted octanol–water partition coefficient (Wildman–Crippen LogP) is 1.55. The molecule has 0 spiro atoms. The minimum atomic E-state index is -0.971. The van der Waals surface area contributed by atoms with Crippen LogP contribution in [0.25, 0.3) is 0 Å². The number of nitrogens with zero attached hydrogens (tertiary/aromatic N) is 2. The Morgan fingerprint density at radius 3 is 2.70 bits per heavy atom. The maximum absolute atomic E-state index is 12.2. The summed E-state index contributed by atoms with van der Waals surface area (Å²) in [5.41, 5.74) is 0.407.